The van der Waals surface area contributed by atoms with Gasteiger partial charge in [0.1, 0.15) is 23.9 Å². The molecule has 3 aromatic rings. The van der Waals surface area contributed by atoms with Gasteiger partial charge in [-0.15, -0.1) is 13.2 Å². The van der Waals surface area contributed by atoms with Crippen molar-refractivity contribution in [3.63, 3.8) is 0 Å². The number of phenols is 1. The lowest BCUT2D eigenvalue weighted by Gasteiger charge is -2.35. The predicted octanol–water partition coefficient (Wildman–Crippen LogP) is 6.22. The summed E-state index contributed by atoms with van der Waals surface area (Å²) in [6.45, 7) is 3.22. The van der Waals surface area contributed by atoms with E-state index in [1.165, 1.54) is 12.1 Å². The number of halogens is 3. The lowest BCUT2D eigenvalue weighted by molar-refractivity contribution is -0.274. The number of rotatable bonds is 8. The molecule has 0 saturated carbocycles. The highest BCUT2D eigenvalue weighted by atomic mass is 19.4. The standard InChI is InChI=1S/C27H29F3N2O3/c1-31(18-20-14-16-32(17-15-20)23-4-8-24(33)9-5-23)22-6-12-25(13-7-22)34-19-21-2-10-26(11-3-21)35-27(28,29)30/h2-13,20,33H,14-19H2,1H3. The zero-order chi connectivity index (χ0) is 24.8. The highest BCUT2D eigenvalue weighted by Gasteiger charge is 2.31. The number of hydrogen-bond donors (Lipinski definition) is 1. The molecule has 0 radical (unpaired) electrons. The summed E-state index contributed by atoms with van der Waals surface area (Å²) < 4.78 is 46.4. The highest BCUT2D eigenvalue weighted by Crippen LogP contribution is 2.27. The first-order chi connectivity index (χ1) is 16.7. The number of piperidine rings is 1. The van der Waals surface area contributed by atoms with Crippen LogP contribution < -0.4 is 19.3 Å². The van der Waals surface area contributed by atoms with Crippen LogP contribution in [0.25, 0.3) is 0 Å². The second kappa shape index (κ2) is 10.8. The van der Waals surface area contributed by atoms with Crippen LogP contribution in [0.15, 0.2) is 72.8 Å². The van der Waals surface area contributed by atoms with E-state index in [9.17, 15) is 18.3 Å². The summed E-state index contributed by atoms with van der Waals surface area (Å²) >= 11 is 0. The topological polar surface area (TPSA) is 45.2 Å². The fourth-order valence-corrected chi connectivity index (χ4v) is 4.28. The van der Waals surface area contributed by atoms with Gasteiger partial charge >= 0.3 is 6.36 Å². The summed E-state index contributed by atoms with van der Waals surface area (Å²) in [5.41, 5.74) is 3.00. The van der Waals surface area contributed by atoms with E-state index < -0.39 is 6.36 Å². The zero-order valence-electron chi connectivity index (χ0n) is 19.5. The van der Waals surface area contributed by atoms with Crippen molar-refractivity contribution in [2.24, 2.45) is 5.92 Å². The Morgan fingerprint density at radius 2 is 1.49 bits per heavy atom. The fourth-order valence-electron chi connectivity index (χ4n) is 4.28. The SMILES string of the molecule is CN(CC1CCN(c2ccc(O)cc2)CC1)c1ccc(OCc2ccc(OC(F)(F)F)cc2)cc1. The summed E-state index contributed by atoms with van der Waals surface area (Å²) in [5.74, 6) is 1.34. The van der Waals surface area contributed by atoms with E-state index in [0.717, 1.165) is 49.4 Å². The molecule has 0 spiro atoms. The Kier molecular flexibility index (Phi) is 7.58. The molecule has 5 nitrogen and oxygen atoms in total. The Labute approximate surface area is 203 Å². The van der Waals surface area contributed by atoms with E-state index in [0.29, 0.717) is 11.7 Å². The second-order valence-electron chi connectivity index (χ2n) is 8.80. The van der Waals surface area contributed by atoms with Crippen molar-refractivity contribution in [2.45, 2.75) is 25.8 Å². The first-order valence-corrected chi connectivity index (χ1v) is 11.6. The maximum Gasteiger partial charge on any atom is 0.573 e. The van der Waals surface area contributed by atoms with E-state index in [1.807, 2.05) is 36.4 Å². The maximum absolute atomic E-state index is 12.3. The van der Waals surface area contributed by atoms with E-state index in [1.54, 1.807) is 24.3 Å². The Hall–Kier alpha value is -3.55. The third kappa shape index (κ3) is 7.21. The predicted molar refractivity (Wildman–Crippen MR) is 130 cm³/mol. The number of phenolic OH excluding ortho intramolecular Hbond substituents is 1. The molecule has 1 aliphatic heterocycles. The fraction of sp³-hybridized carbons (Fsp3) is 0.333. The van der Waals surface area contributed by atoms with Gasteiger partial charge in [0, 0.05) is 38.1 Å². The first-order valence-electron chi connectivity index (χ1n) is 11.6. The molecule has 1 heterocycles. The minimum absolute atomic E-state index is 0.250. The molecule has 1 N–H and O–H groups in total. The van der Waals surface area contributed by atoms with E-state index in [-0.39, 0.29) is 18.1 Å². The number of benzene rings is 3. The minimum atomic E-state index is -4.70. The molecular formula is C27H29F3N2O3. The van der Waals surface area contributed by atoms with E-state index in [2.05, 4.69) is 21.6 Å². The molecule has 186 valence electrons. The minimum Gasteiger partial charge on any atom is -0.508 e. The first kappa shape index (κ1) is 24.6. The van der Waals surface area contributed by atoms with Crippen LogP contribution in [0.3, 0.4) is 0 Å². The summed E-state index contributed by atoms with van der Waals surface area (Å²) in [5, 5.41) is 9.48. The molecule has 0 aromatic heterocycles. The van der Waals surface area contributed by atoms with Gasteiger partial charge in [-0.2, -0.15) is 0 Å². The van der Waals surface area contributed by atoms with Crippen molar-refractivity contribution in [2.75, 3.05) is 36.5 Å². The van der Waals surface area contributed by atoms with Gasteiger partial charge in [0.05, 0.1) is 0 Å². The quantitative estimate of drug-likeness (QED) is 0.409. The number of anilines is 2. The summed E-state index contributed by atoms with van der Waals surface area (Å²) in [4.78, 5) is 4.61. The van der Waals surface area contributed by atoms with Crippen LogP contribution in [-0.4, -0.2) is 38.2 Å². The van der Waals surface area contributed by atoms with Crippen molar-refractivity contribution in [1.29, 1.82) is 0 Å². The Morgan fingerprint density at radius 3 is 2.09 bits per heavy atom. The van der Waals surface area contributed by atoms with Crippen LogP contribution in [0.1, 0.15) is 18.4 Å². The molecule has 0 unspecified atom stereocenters. The molecule has 1 fully saturated rings. The number of aromatic hydroxyl groups is 1. The van der Waals surface area contributed by atoms with Crippen LogP contribution in [0.5, 0.6) is 17.2 Å². The molecule has 35 heavy (non-hydrogen) atoms. The number of ether oxygens (including phenoxy) is 2. The molecule has 4 rings (SSSR count). The molecule has 0 bridgehead atoms. The second-order valence-corrected chi connectivity index (χ2v) is 8.80. The smallest absolute Gasteiger partial charge is 0.508 e. The van der Waals surface area contributed by atoms with Crippen LogP contribution in [-0.2, 0) is 6.61 Å². The number of nitrogens with zero attached hydrogens (tertiary/aromatic N) is 2. The molecule has 8 heteroatoms. The van der Waals surface area contributed by atoms with Crippen molar-refractivity contribution >= 4 is 11.4 Å². The largest absolute Gasteiger partial charge is 0.573 e. The van der Waals surface area contributed by atoms with Crippen molar-refractivity contribution in [3.8, 4) is 17.2 Å². The van der Waals surface area contributed by atoms with Gasteiger partial charge in [0.2, 0.25) is 0 Å². The molecule has 1 saturated heterocycles. The average Bonchev–Trinajstić information content (AvgIpc) is 2.84. The Balaban J connectivity index is 1.22. The molecule has 0 aliphatic carbocycles. The van der Waals surface area contributed by atoms with Gasteiger partial charge in [0.25, 0.3) is 0 Å². The molecular weight excluding hydrogens is 457 g/mol. The molecule has 0 amide bonds. The van der Waals surface area contributed by atoms with Crippen molar-refractivity contribution in [1.82, 2.24) is 0 Å². The Morgan fingerprint density at radius 1 is 0.886 bits per heavy atom. The van der Waals surface area contributed by atoms with E-state index in [4.69, 9.17) is 4.74 Å². The van der Waals surface area contributed by atoms with Gasteiger partial charge in [-0.3, -0.25) is 0 Å². The van der Waals surface area contributed by atoms with Gasteiger partial charge in [-0.1, -0.05) is 12.1 Å². The lowest BCUT2D eigenvalue weighted by Crippen LogP contribution is -2.37. The van der Waals surface area contributed by atoms with Gasteiger partial charge in [-0.25, -0.2) is 0 Å². The van der Waals surface area contributed by atoms with Crippen LogP contribution >= 0.6 is 0 Å². The molecule has 0 atom stereocenters. The van der Waals surface area contributed by atoms with Crippen LogP contribution in [0, 0.1) is 5.92 Å². The van der Waals surface area contributed by atoms with Crippen LogP contribution in [0.4, 0.5) is 24.5 Å². The van der Waals surface area contributed by atoms with E-state index >= 15 is 0 Å². The Bertz CT molecular complexity index is 1060. The van der Waals surface area contributed by atoms with Gasteiger partial charge in [-0.05, 0) is 85.0 Å². The summed E-state index contributed by atoms with van der Waals surface area (Å²) in [7, 11) is 2.09. The average molecular weight is 487 g/mol. The lowest BCUT2D eigenvalue weighted by atomic mass is 9.95. The third-order valence-electron chi connectivity index (χ3n) is 6.20. The molecule has 1 aliphatic rings. The third-order valence-corrected chi connectivity index (χ3v) is 6.20. The number of hydrogen-bond acceptors (Lipinski definition) is 5. The zero-order valence-corrected chi connectivity index (χ0v) is 19.5. The number of alkyl halides is 3. The monoisotopic (exact) mass is 486 g/mol. The molecule has 3 aromatic carbocycles. The van der Waals surface area contributed by atoms with Gasteiger partial charge in [0.15, 0.2) is 0 Å². The van der Waals surface area contributed by atoms with Crippen LogP contribution in [0.2, 0.25) is 0 Å². The maximum atomic E-state index is 12.3. The van der Waals surface area contributed by atoms with Crippen molar-refractivity contribution in [3.05, 3.63) is 78.4 Å². The highest BCUT2D eigenvalue weighted by molar-refractivity contribution is 5.50. The summed E-state index contributed by atoms with van der Waals surface area (Å²) in [6, 6.07) is 20.9. The van der Waals surface area contributed by atoms with Crippen molar-refractivity contribution < 1.29 is 27.8 Å². The van der Waals surface area contributed by atoms with Gasteiger partial charge < -0.3 is 24.4 Å². The summed E-state index contributed by atoms with van der Waals surface area (Å²) in [6.07, 6.45) is -2.48. The normalized spacial score (nSPS) is 14.6.